The van der Waals surface area contributed by atoms with Gasteiger partial charge in [-0.15, -0.1) is 0 Å². The van der Waals surface area contributed by atoms with Crippen molar-refractivity contribution in [3.05, 3.63) is 0 Å². The molecule has 0 aliphatic rings. The highest BCUT2D eigenvalue weighted by molar-refractivity contribution is 5.76. The van der Waals surface area contributed by atoms with Crippen molar-refractivity contribution >= 4 is 40.4 Å². The minimum absolute atomic E-state index is 0. The summed E-state index contributed by atoms with van der Waals surface area (Å²) in [5.41, 5.74) is 0. The van der Waals surface area contributed by atoms with Gasteiger partial charge in [0.05, 0.1) is 0 Å². The smallest absolute Gasteiger partial charge is 0.0453 e. The SMILES string of the molecule is CC(C)CO.[Al].[Mg]. The third-order valence-corrected chi connectivity index (χ3v) is 0.365. The number of hydrogen-bond donors (Lipinski definition) is 1. The van der Waals surface area contributed by atoms with Crippen LogP contribution in [-0.4, -0.2) is 52.1 Å². The maximum Gasteiger partial charge on any atom is 0.0453 e. The van der Waals surface area contributed by atoms with Crippen LogP contribution in [0.4, 0.5) is 0 Å². The fourth-order valence-corrected chi connectivity index (χ4v) is 0. The van der Waals surface area contributed by atoms with Gasteiger partial charge >= 0.3 is 0 Å². The minimum Gasteiger partial charge on any atom is -0.396 e. The van der Waals surface area contributed by atoms with Gasteiger partial charge in [0, 0.05) is 47.0 Å². The average molecular weight is 125 g/mol. The molecule has 0 saturated carbocycles. The summed E-state index contributed by atoms with van der Waals surface area (Å²) in [6.07, 6.45) is 0. The Morgan fingerprint density at radius 2 is 1.57 bits per heavy atom. The Morgan fingerprint density at radius 3 is 1.57 bits per heavy atom. The van der Waals surface area contributed by atoms with Crippen molar-refractivity contribution < 1.29 is 5.11 Å². The second-order valence-corrected chi connectivity index (χ2v) is 1.58. The van der Waals surface area contributed by atoms with Crippen molar-refractivity contribution in [2.75, 3.05) is 6.61 Å². The van der Waals surface area contributed by atoms with E-state index in [0.29, 0.717) is 12.5 Å². The van der Waals surface area contributed by atoms with E-state index in [0.717, 1.165) is 0 Å². The van der Waals surface area contributed by atoms with Gasteiger partial charge in [-0.05, 0) is 5.92 Å². The standard InChI is InChI=1S/C4H10O.Al.Mg/c1-4(2)3-5;;/h4-5H,3H2,1-2H3;;. The van der Waals surface area contributed by atoms with E-state index in [9.17, 15) is 0 Å². The number of aliphatic hydroxyl groups excluding tert-OH is 1. The third-order valence-electron chi connectivity index (χ3n) is 0.365. The number of rotatable bonds is 1. The van der Waals surface area contributed by atoms with Crippen molar-refractivity contribution in [1.29, 1.82) is 0 Å². The molecule has 0 saturated heterocycles. The first-order valence-electron chi connectivity index (χ1n) is 1.88. The Labute approximate surface area is 71.8 Å². The van der Waals surface area contributed by atoms with Crippen LogP contribution in [0.25, 0.3) is 0 Å². The topological polar surface area (TPSA) is 20.2 Å². The zero-order valence-corrected chi connectivity index (χ0v) is 7.59. The van der Waals surface area contributed by atoms with Crippen LogP contribution in [-0.2, 0) is 0 Å². The van der Waals surface area contributed by atoms with Crippen LogP contribution in [0.15, 0.2) is 0 Å². The Morgan fingerprint density at radius 1 is 1.43 bits per heavy atom. The molecule has 0 aromatic carbocycles. The van der Waals surface area contributed by atoms with E-state index in [2.05, 4.69) is 0 Å². The van der Waals surface area contributed by atoms with Crippen LogP contribution < -0.4 is 0 Å². The Balaban J connectivity index is -0.0000000800. The molecule has 5 radical (unpaired) electrons. The predicted molar refractivity (Wildman–Crippen MR) is 33.4 cm³/mol. The summed E-state index contributed by atoms with van der Waals surface area (Å²) in [4.78, 5) is 0. The first kappa shape index (κ1) is 15.7. The highest BCUT2D eigenvalue weighted by Crippen LogP contribution is 1.83. The van der Waals surface area contributed by atoms with Gasteiger partial charge in [-0.25, -0.2) is 0 Å². The Kier molecular flexibility index (Phi) is 23.1. The summed E-state index contributed by atoms with van der Waals surface area (Å²) in [5.74, 6) is 0.440. The molecular weight excluding hydrogens is 115 g/mol. The zero-order chi connectivity index (χ0) is 4.28. The molecule has 7 heavy (non-hydrogen) atoms. The fraction of sp³-hybridized carbons (Fsp3) is 1.00. The molecule has 37 valence electrons. The van der Waals surface area contributed by atoms with Crippen molar-refractivity contribution in [2.24, 2.45) is 5.92 Å². The van der Waals surface area contributed by atoms with Crippen molar-refractivity contribution in [2.45, 2.75) is 13.8 Å². The Bertz CT molecular complexity index is 25.7. The zero-order valence-electron chi connectivity index (χ0n) is 5.02. The normalized spacial score (nSPS) is 6.86. The molecule has 0 aliphatic heterocycles. The second kappa shape index (κ2) is 10.3. The van der Waals surface area contributed by atoms with E-state index < -0.39 is 0 Å². The van der Waals surface area contributed by atoms with E-state index in [-0.39, 0.29) is 40.4 Å². The minimum atomic E-state index is 0. The monoisotopic (exact) mass is 125 g/mol. The quantitative estimate of drug-likeness (QED) is 0.484. The van der Waals surface area contributed by atoms with Crippen molar-refractivity contribution in [3.63, 3.8) is 0 Å². The molecule has 0 unspecified atom stereocenters. The third kappa shape index (κ3) is 18.9. The molecule has 0 rings (SSSR count). The van der Waals surface area contributed by atoms with Crippen LogP contribution in [0.1, 0.15) is 13.8 Å². The lowest BCUT2D eigenvalue weighted by Crippen LogP contribution is -1.90. The van der Waals surface area contributed by atoms with E-state index in [1.54, 1.807) is 0 Å². The molecule has 0 aromatic rings. The molecule has 0 spiro atoms. The molecule has 0 aromatic heterocycles. The van der Waals surface area contributed by atoms with Gasteiger partial charge in [0.1, 0.15) is 0 Å². The first-order chi connectivity index (χ1) is 2.27. The van der Waals surface area contributed by atoms with Crippen LogP contribution in [0.3, 0.4) is 0 Å². The maximum atomic E-state index is 8.14. The molecule has 0 amide bonds. The molecular formula is C4H10AlMgO. The number of aliphatic hydroxyl groups is 1. The highest BCUT2D eigenvalue weighted by atomic mass is 27.0. The van der Waals surface area contributed by atoms with E-state index in [1.807, 2.05) is 13.8 Å². The summed E-state index contributed by atoms with van der Waals surface area (Å²) < 4.78 is 0. The van der Waals surface area contributed by atoms with Crippen LogP contribution >= 0.6 is 0 Å². The summed E-state index contributed by atoms with van der Waals surface area (Å²) >= 11 is 0. The summed E-state index contributed by atoms with van der Waals surface area (Å²) in [7, 11) is 0. The highest BCUT2D eigenvalue weighted by Gasteiger charge is 1.81. The first-order valence-corrected chi connectivity index (χ1v) is 1.88. The summed E-state index contributed by atoms with van der Waals surface area (Å²) in [6.45, 7) is 4.25. The van der Waals surface area contributed by atoms with E-state index in [1.165, 1.54) is 0 Å². The van der Waals surface area contributed by atoms with Gasteiger partial charge in [0.15, 0.2) is 0 Å². The van der Waals surface area contributed by atoms with E-state index in [4.69, 9.17) is 5.11 Å². The lowest BCUT2D eigenvalue weighted by molar-refractivity contribution is 0.248. The van der Waals surface area contributed by atoms with Gasteiger partial charge < -0.3 is 5.11 Å². The molecule has 1 nitrogen and oxygen atoms in total. The summed E-state index contributed by atoms with van der Waals surface area (Å²) in [6, 6.07) is 0. The molecule has 1 N–H and O–H groups in total. The van der Waals surface area contributed by atoms with Crippen LogP contribution in [0, 0.1) is 5.92 Å². The van der Waals surface area contributed by atoms with Crippen molar-refractivity contribution in [1.82, 2.24) is 0 Å². The molecule has 0 atom stereocenters. The largest absolute Gasteiger partial charge is 0.396 e. The summed E-state index contributed by atoms with van der Waals surface area (Å²) in [5, 5.41) is 8.14. The van der Waals surface area contributed by atoms with Gasteiger partial charge in [0.25, 0.3) is 0 Å². The lowest BCUT2D eigenvalue weighted by Gasteiger charge is -1.90. The van der Waals surface area contributed by atoms with E-state index >= 15 is 0 Å². The molecule has 0 aliphatic carbocycles. The Hall–Kier alpha value is 1.26. The lowest BCUT2D eigenvalue weighted by atomic mass is 10.2. The van der Waals surface area contributed by atoms with Crippen LogP contribution in [0.2, 0.25) is 0 Å². The van der Waals surface area contributed by atoms with Gasteiger partial charge in [-0.3, -0.25) is 0 Å². The fourth-order valence-electron chi connectivity index (χ4n) is 0. The van der Waals surface area contributed by atoms with Gasteiger partial charge in [-0.1, -0.05) is 13.8 Å². The molecule has 0 bridgehead atoms. The maximum absolute atomic E-state index is 8.14. The number of hydrogen-bond acceptors (Lipinski definition) is 1. The molecule has 3 heteroatoms. The molecule has 0 heterocycles. The van der Waals surface area contributed by atoms with Gasteiger partial charge in [-0.2, -0.15) is 0 Å². The van der Waals surface area contributed by atoms with Crippen LogP contribution in [0.5, 0.6) is 0 Å². The second-order valence-electron chi connectivity index (χ2n) is 1.58. The van der Waals surface area contributed by atoms with Gasteiger partial charge in [0.2, 0.25) is 0 Å². The predicted octanol–water partition coefficient (Wildman–Crippen LogP) is -0.127. The van der Waals surface area contributed by atoms with Crippen molar-refractivity contribution in [3.8, 4) is 0 Å². The molecule has 0 fully saturated rings. The average Bonchev–Trinajstić information content (AvgIpc) is 1.38.